The molecule has 0 aliphatic rings. The fourth-order valence-electron chi connectivity index (χ4n) is 1.49. The number of pyridine rings is 1. The molecule has 7 heteroatoms. The maximum Gasteiger partial charge on any atom is 0.244 e. The van der Waals surface area contributed by atoms with Crippen LogP contribution in [-0.2, 0) is 16.6 Å². The summed E-state index contributed by atoms with van der Waals surface area (Å²) in [5, 5.41) is 18.7. The summed E-state index contributed by atoms with van der Waals surface area (Å²) in [7, 11) is -3.84. The second-order valence-corrected chi connectivity index (χ2v) is 5.57. The molecule has 19 heavy (non-hydrogen) atoms. The van der Waals surface area contributed by atoms with Gasteiger partial charge in [0.05, 0.1) is 0 Å². The first-order valence-corrected chi connectivity index (χ1v) is 6.88. The average Bonchev–Trinajstić information content (AvgIpc) is 2.37. The number of hydrogen-bond donors (Lipinski definition) is 3. The zero-order chi connectivity index (χ0) is 13.9. The van der Waals surface area contributed by atoms with E-state index in [9.17, 15) is 13.5 Å². The minimum absolute atomic E-state index is 0.0885. The van der Waals surface area contributed by atoms with Crippen molar-refractivity contribution in [3.63, 3.8) is 0 Å². The molecule has 0 bridgehead atoms. The molecule has 1 aromatic heterocycles. The first-order valence-electron chi connectivity index (χ1n) is 5.39. The lowest BCUT2D eigenvalue weighted by molar-refractivity contribution is 0.439. The molecule has 2 aromatic rings. The van der Waals surface area contributed by atoms with Gasteiger partial charge in [-0.25, -0.2) is 13.1 Å². The molecule has 3 N–H and O–H groups in total. The van der Waals surface area contributed by atoms with Crippen molar-refractivity contribution in [2.24, 2.45) is 0 Å². The van der Waals surface area contributed by atoms with E-state index in [4.69, 9.17) is 5.11 Å². The molecule has 6 nitrogen and oxygen atoms in total. The minimum atomic E-state index is -3.84. The highest BCUT2D eigenvalue weighted by molar-refractivity contribution is 7.89. The standard InChI is InChI=1S/C12H12N2O4S/c15-10-1-2-12(11(16)7-10)19(17,18)14-8-9-3-5-13-6-4-9/h1-7,14-16H,8H2. The summed E-state index contributed by atoms with van der Waals surface area (Å²) in [6.07, 6.45) is 3.11. The van der Waals surface area contributed by atoms with Gasteiger partial charge in [0.15, 0.2) is 0 Å². The Morgan fingerprint density at radius 2 is 1.79 bits per heavy atom. The highest BCUT2D eigenvalue weighted by Gasteiger charge is 2.18. The SMILES string of the molecule is O=S(=O)(NCc1ccncc1)c1ccc(O)cc1O. The summed E-state index contributed by atoms with van der Waals surface area (Å²) in [6, 6.07) is 6.67. The first kappa shape index (κ1) is 13.3. The first-order chi connectivity index (χ1) is 8.99. The topological polar surface area (TPSA) is 99.5 Å². The number of phenols is 2. The van der Waals surface area contributed by atoms with Crippen molar-refractivity contribution in [2.45, 2.75) is 11.4 Å². The van der Waals surface area contributed by atoms with Crippen molar-refractivity contribution in [1.82, 2.24) is 9.71 Å². The van der Waals surface area contributed by atoms with E-state index in [1.807, 2.05) is 0 Å². The Bertz CT molecular complexity index is 671. The number of aromatic hydroxyl groups is 2. The number of benzene rings is 1. The molecule has 0 saturated carbocycles. The fourth-order valence-corrected chi connectivity index (χ4v) is 2.58. The van der Waals surface area contributed by atoms with E-state index in [1.54, 1.807) is 24.5 Å². The molecular weight excluding hydrogens is 268 g/mol. The second kappa shape index (κ2) is 5.25. The van der Waals surface area contributed by atoms with Gasteiger partial charge >= 0.3 is 0 Å². The van der Waals surface area contributed by atoms with Crippen LogP contribution in [0.5, 0.6) is 11.5 Å². The third kappa shape index (κ3) is 3.21. The van der Waals surface area contributed by atoms with Crippen molar-refractivity contribution >= 4 is 10.0 Å². The highest BCUT2D eigenvalue weighted by atomic mass is 32.2. The molecule has 0 fully saturated rings. The molecule has 0 aliphatic heterocycles. The van der Waals surface area contributed by atoms with Crippen LogP contribution in [0.2, 0.25) is 0 Å². The smallest absolute Gasteiger partial charge is 0.244 e. The molecule has 1 heterocycles. The maximum absolute atomic E-state index is 12.0. The summed E-state index contributed by atoms with van der Waals surface area (Å²) in [6.45, 7) is 0.0885. The largest absolute Gasteiger partial charge is 0.508 e. The van der Waals surface area contributed by atoms with Crippen molar-refractivity contribution < 1.29 is 18.6 Å². The molecule has 0 spiro atoms. The van der Waals surface area contributed by atoms with E-state index in [0.29, 0.717) is 0 Å². The van der Waals surface area contributed by atoms with E-state index < -0.39 is 15.8 Å². The minimum Gasteiger partial charge on any atom is -0.508 e. The predicted molar refractivity (Wildman–Crippen MR) is 68.0 cm³/mol. The molecule has 0 radical (unpaired) electrons. The number of phenolic OH excluding ortho intramolecular Hbond substituents is 2. The Labute approximate surface area is 110 Å². The summed E-state index contributed by atoms with van der Waals surface area (Å²) in [4.78, 5) is 3.55. The molecule has 0 saturated heterocycles. The van der Waals surface area contributed by atoms with Gasteiger partial charge in [0.25, 0.3) is 0 Å². The van der Waals surface area contributed by atoms with Gasteiger partial charge in [0.2, 0.25) is 10.0 Å². The van der Waals surface area contributed by atoms with Gasteiger partial charge in [-0.1, -0.05) is 0 Å². The van der Waals surface area contributed by atoms with E-state index in [0.717, 1.165) is 17.7 Å². The van der Waals surface area contributed by atoms with Crippen LogP contribution in [0.4, 0.5) is 0 Å². The molecule has 2 rings (SSSR count). The molecule has 0 unspecified atom stereocenters. The molecule has 0 amide bonds. The Morgan fingerprint density at radius 3 is 2.42 bits per heavy atom. The number of sulfonamides is 1. The van der Waals surface area contributed by atoms with Crippen molar-refractivity contribution in [3.8, 4) is 11.5 Å². The van der Waals surface area contributed by atoms with Crippen LogP contribution in [-0.4, -0.2) is 23.6 Å². The van der Waals surface area contributed by atoms with Crippen LogP contribution >= 0.6 is 0 Å². The van der Waals surface area contributed by atoms with Crippen LogP contribution in [0, 0.1) is 0 Å². The molecule has 0 aliphatic carbocycles. The van der Waals surface area contributed by atoms with Gasteiger partial charge in [0.1, 0.15) is 16.4 Å². The van der Waals surface area contributed by atoms with E-state index >= 15 is 0 Å². The summed E-state index contributed by atoms with van der Waals surface area (Å²) >= 11 is 0. The number of aromatic nitrogens is 1. The molecule has 100 valence electrons. The van der Waals surface area contributed by atoms with Gasteiger partial charge in [-0.3, -0.25) is 4.98 Å². The van der Waals surface area contributed by atoms with Crippen LogP contribution in [0.25, 0.3) is 0 Å². The lowest BCUT2D eigenvalue weighted by Gasteiger charge is -2.08. The van der Waals surface area contributed by atoms with Gasteiger partial charge in [-0.2, -0.15) is 0 Å². The Balaban J connectivity index is 2.19. The predicted octanol–water partition coefficient (Wildman–Crippen LogP) is 0.971. The van der Waals surface area contributed by atoms with E-state index in [2.05, 4.69) is 9.71 Å². The van der Waals surface area contributed by atoms with Gasteiger partial charge in [-0.15, -0.1) is 0 Å². The lowest BCUT2D eigenvalue weighted by atomic mass is 10.3. The number of rotatable bonds is 4. The van der Waals surface area contributed by atoms with Crippen LogP contribution in [0.3, 0.4) is 0 Å². The summed E-state index contributed by atoms with van der Waals surface area (Å²) in [5.74, 6) is -0.701. The number of nitrogens with one attached hydrogen (secondary N) is 1. The zero-order valence-corrected chi connectivity index (χ0v) is 10.6. The van der Waals surface area contributed by atoms with Gasteiger partial charge in [0, 0.05) is 25.0 Å². The Morgan fingerprint density at radius 1 is 1.11 bits per heavy atom. The summed E-state index contributed by atoms with van der Waals surface area (Å²) < 4.78 is 26.3. The monoisotopic (exact) mass is 280 g/mol. The number of nitrogens with zero attached hydrogens (tertiary/aromatic N) is 1. The van der Waals surface area contributed by atoms with Crippen molar-refractivity contribution in [1.29, 1.82) is 0 Å². The lowest BCUT2D eigenvalue weighted by Crippen LogP contribution is -2.23. The van der Waals surface area contributed by atoms with Crippen LogP contribution in [0.1, 0.15) is 5.56 Å². The second-order valence-electron chi connectivity index (χ2n) is 3.83. The third-order valence-electron chi connectivity index (χ3n) is 2.45. The maximum atomic E-state index is 12.0. The normalized spacial score (nSPS) is 11.4. The fraction of sp³-hybridized carbons (Fsp3) is 0.0833. The zero-order valence-electron chi connectivity index (χ0n) is 9.81. The van der Waals surface area contributed by atoms with Crippen molar-refractivity contribution in [3.05, 3.63) is 48.3 Å². The average molecular weight is 280 g/mol. The summed E-state index contributed by atoms with van der Waals surface area (Å²) in [5.41, 5.74) is 0.747. The quantitative estimate of drug-likeness (QED) is 0.775. The Kier molecular flexibility index (Phi) is 3.68. The van der Waals surface area contributed by atoms with Gasteiger partial charge in [-0.05, 0) is 29.8 Å². The van der Waals surface area contributed by atoms with E-state index in [1.165, 1.54) is 6.07 Å². The molecular formula is C12H12N2O4S. The van der Waals surface area contributed by atoms with E-state index in [-0.39, 0.29) is 17.2 Å². The van der Waals surface area contributed by atoms with Gasteiger partial charge < -0.3 is 10.2 Å². The third-order valence-corrected chi connectivity index (χ3v) is 3.90. The Hall–Kier alpha value is -2.12. The highest BCUT2D eigenvalue weighted by Crippen LogP contribution is 2.26. The molecule has 0 atom stereocenters. The number of hydrogen-bond acceptors (Lipinski definition) is 5. The van der Waals surface area contributed by atoms with Crippen molar-refractivity contribution in [2.75, 3.05) is 0 Å². The van der Waals surface area contributed by atoms with Crippen LogP contribution < -0.4 is 4.72 Å². The molecule has 1 aromatic carbocycles. The van der Waals surface area contributed by atoms with Crippen LogP contribution in [0.15, 0.2) is 47.6 Å².